The number of aromatic nitrogens is 5. The number of benzene rings is 1. The number of nitrogens with zero attached hydrogens (tertiary/aromatic N) is 3. The van der Waals surface area contributed by atoms with Crippen LogP contribution >= 0.6 is 23.2 Å². The maximum Gasteiger partial charge on any atom is 0.153 e. The zero-order valence-corrected chi connectivity index (χ0v) is 11.0. The summed E-state index contributed by atoms with van der Waals surface area (Å²) in [5, 5.41) is 18.2. The number of halogens is 2. The standard InChI is InChI=1S/C11H8Cl2N6/c12-5-1-2-6(7(13)3-5)9-10(17-18-11(9)14)8-4-15-19-16-8/h1-4H,(H3,14,17,18)(H,15,16,19). The molecule has 0 spiro atoms. The number of nitrogens with two attached hydrogens (primary N) is 1. The molecule has 0 amide bonds. The molecule has 0 saturated heterocycles. The minimum atomic E-state index is 0.335. The molecule has 0 atom stereocenters. The molecule has 3 rings (SSSR count). The van der Waals surface area contributed by atoms with Crippen molar-refractivity contribution in [2.45, 2.75) is 0 Å². The molecule has 0 saturated carbocycles. The van der Waals surface area contributed by atoms with Crippen molar-refractivity contribution >= 4 is 29.0 Å². The maximum atomic E-state index is 6.20. The van der Waals surface area contributed by atoms with Crippen LogP contribution in [0.25, 0.3) is 22.5 Å². The van der Waals surface area contributed by atoms with Gasteiger partial charge in [0.05, 0.1) is 22.5 Å². The molecule has 0 aliphatic heterocycles. The molecule has 4 N–H and O–H groups in total. The first-order chi connectivity index (χ1) is 9.16. The highest BCUT2D eigenvalue weighted by Crippen LogP contribution is 2.38. The summed E-state index contributed by atoms with van der Waals surface area (Å²) < 4.78 is 0. The molecular formula is C11H8Cl2N6. The number of anilines is 1. The van der Waals surface area contributed by atoms with Crippen LogP contribution in [0.2, 0.25) is 10.0 Å². The lowest BCUT2D eigenvalue weighted by molar-refractivity contribution is 0.940. The van der Waals surface area contributed by atoms with E-state index < -0.39 is 0 Å². The molecule has 0 fully saturated rings. The van der Waals surface area contributed by atoms with Crippen molar-refractivity contribution in [3.8, 4) is 22.5 Å². The van der Waals surface area contributed by atoms with Gasteiger partial charge in [-0.15, -0.1) is 0 Å². The van der Waals surface area contributed by atoms with E-state index in [4.69, 9.17) is 28.9 Å². The molecule has 0 aliphatic carbocycles. The molecule has 0 aliphatic rings. The Morgan fingerprint density at radius 3 is 2.68 bits per heavy atom. The molecule has 3 aromatic rings. The van der Waals surface area contributed by atoms with Crippen molar-refractivity contribution in [3.63, 3.8) is 0 Å². The first-order valence-electron chi connectivity index (χ1n) is 5.32. The number of nitrogen functional groups attached to an aromatic ring is 1. The quantitative estimate of drug-likeness (QED) is 0.677. The third kappa shape index (κ3) is 2.05. The Morgan fingerprint density at radius 2 is 2.00 bits per heavy atom. The summed E-state index contributed by atoms with van der Waals surface area (Å²) in [6, 6.07) is 5.18. The summed E-state index contributed by atoms with van der Waals surface area (Å²) in [7, 11) is 0. The Hall–Kier alpha value is -2.05. The van der Waals surface area contributed by atoms with E-state index in [1.54, 1.807) is 24.4 Å². The molecule has 0 radical (unpaired) electrons. The van der Waals surface area contributed by atoms with Gasteiger partial charge in [0.25, 0.3) is 0 Å². The van der Waals surface area contributed by atoms with Crippen LogP contribution in [0.3, 0.4) is 0 Å². The fourth-order valence-electron chi connectivity index (χ4n) is 1.83. The lowest BCUT2D eigenvalue weighted by Gasteiger charge is -2.05. The fraction of sp³-hybridized carbons (Fsp3) is 0. The summed E-state index contributed by atoms with van der Waals surface area (Å²) in [5.41, 5.74) is 8.55. The van der Waals surface area contributed by atoms with Crippen LogP contribution in [-0.4, -0.2) is 25.6 Å². The van der Waals surface area contributed by atoms with Crippen molar-refractivity contribution < 1.29 is 0 Å². The Morgan fingerprint density at radius 1 is 1.16 bits per heavy atom. The summed E-state index contributed by atoms with van der Waals surface area (Å²) in [4.78, 5) is 0. The number of hydrogen-bond donors (Lipinski definition) is 3. The number of H-pyrrole nitrogens is 2. The second-order valence-corrected chi connectivity index (χ2v) is 4.68. The largest absolute Gasteiger partial charge is 0.382 e. The molecular weight excluding hydrogens is 287 g/mol. The van der Waals surface area contributed by atoms with Gasteiger partial charge in [-0.3, -0.25) is 5.10 Å². The average Bonchev–Trinajstić information content (AvgIpc) is 2.99. The second kappa shape index (κ2) is 4.56. The zero-order valence-electron chi connectivity index (χ0n) is 9.48. The van der Waals surface area contributed by atoms with Crippen LogP contribution in [0.4, 0.5) is 5.82 Å². The van der Waals surface area contributed by atoms with Crippen molar-refractivity contribution in [3.05, 3.63) is 34.4 Å². The van der Waals surface area contributed by atoms with Gasteiger partial charge in [-0.25, -0.2) is 0 Å². The van der Waals surface area contributed by atoms with Gasteiger partial charge in [0, 0.05) is 10.6 Å². The maximum absolute atomic E-state index is 6.20. The van der Waals surface area contributed by atoms with Crippen LogP contribution in [0.15, 0.2) is 24.4 Å². The van der Waals surface area contributed by atoms with Gasteiger partial charge in [-0.2, -0.15) is 20.5 Å². The van der Waals surface area contributed by atoms with Crippen LogP contribution in [0, 0.1) is 0 Å². The van der Waals surface area contributed by atoms with Crippen molar-refractivity contribution in [2.75, 3.05) is 5.73 Å². The molecule has 96 valence electrons. The molecule has 0 bridgehead atoms. The number of rotatable bonds is 2. The highest BCUT2D eigenvalue weighted by Gasteiger charge is 2.18. The van der Waals surface area contributed by atoms with E-state index in [1.165, 1.54) is 0 Å². The summed E-state index contributed by atoms with van der Waals surface area (Å²) in [6.07, 6.45) is 1.57. The predicted octanol–water partition coefficient (Wildman–Crippen LogP) is 2.75. The smallest absolute Gasteiger partial charge is 0.153 e. The average molecular weight is 295 g/mol. The van der Waals surface area contributed by atoms with Gasteiger partial charge in [0.15, 0.2) is 5.82 Å². The van der Waals surface area contributed by atoms with E-state index in [2.05, 4.69) is 25.6 Å². The van der Waals surface area contributed by atoms with E-state index in [-0.39, 0.29) is 0 Å². The number of hydrogen-bond acceptors (Lipinski definition) is 4. The van der Waals surface area contributed by atoms with Crippen LogP contribution < -0.4 is 5.73 Å². The van der Waals surface area contributed by atoms with Gasteiger partial charge in [-0.1, -0.05) is 29.3 Å². The molecule has 2 aromatic heterocycles. The normalized spacial score (nSPS) is 10.8. The molecule has 19 heavy (non-hydrogen) atoms. The first kappa shape index (κ1) is 12.0. The molecule has 1 aromatic carbocycles. The third-order valence-corrected chi connectivity index (χ3v) is 3.21. The monoisotopic (exact) mass is 294 g/mol. The lowest BCUT2D eigenvalue weighted by atomic mass is 10.0. The zero-order chi connectivity index (χ0) is 13.4. The minimum Gasteiger partial charge on any atom is -0.382 e. The Balaban J connectivity index is 2.22. The predicted molar refractivity (Wildman–Crippen MR) is 73.8 cm³/mol. The Kier molecular flexibility index (Phi) is 2.88. The summed E-state index contributed by atoms with van der Waals surface area (Å²) in [6.45, 7) is 0. The Labute approximate surface area is 117 Å². The molecule has 6 nitrogen and oxygen atoms in total. The number of aromatic amines is 2. The van der Waals surface area contributed by atoms with Gasteiger partial charge in [0.2, 0.25) is 0 Å². The van der Waals surface area contributed by atoms with Crippen molar-refractivity contribution in [1.82, 2.24) is 25.6 Å². The van der Waals surface area contributed by atoms with Gasteiger partial charge < -0.3 is 5.73 Å². The minimum absolute atomic E-state index is 0.335. The molecule has 0 unspecified atom stereocenters. The third-order valence-electron chi connectivity index (χ3n) is 2.67. The summed E-state index contributed by atoms with van der Waals surface area (Å²) in [5.74, 6) is 0.335. The Bertz CT molecular complexity index is 719. The number of nitrogens with one attached hydrogen (secondary N) is 2. The van der Waals surface area contributed by atoms with E-state index in [1.807, 2.05) is 0 Å². The van der Waals surface area contributed by atoms with Gasteiger partial charge >= 0.3 is 0 Å². The topological polar surface area (TPSA) is 96.3 Å². The van der Waals surface area contributed by atoms with Gasteiger partial charge in [0.1, 0.15) is 5.69 Å². The van der Waals surface area contributed by atoms with Gasteiger partial charge in [-0.05, 0) is 12.1 Å². The van der Waals surface area contributed by atoms with E-state index in [0.717, 1.165) is 5.56 Å². The van der Waals surface area contributed by atoms with Crippen molar-refractivity contribution in [2.24, 2.45) is 0 Å². The first-order valence-corrected chi connectivity index (χ1v) is 6.08. The van der Waals surface area contributed by atoms with E-state index in [0.29, 0.717) is 32.8 Å². The van der Waals surface area contributed by atoms with Crippen LogP contribution in [0.1, 0.15) is 0 Å². The molecule has 2 heterocycles. The highest BCUT2D eigenvalue weighted by molar-refractivity contribution is 6.36. The second-order valence-electron chi connectivity index (χ2n) is 3.84. The molecule has 8 heteroatoms. The fourth-order valence-corrected chi connectivity index (χ4v) is 2.33. The van der Waals surface area contributed by atoms with E-state index in [9.17, 15) is 0 Å². The van der Waals surface area contributed by atoms with Crippen molar-refractivity contribution in [1.29, 1.82) is 0 Å². The van der Waals surface area contributed by atoms with Crippen LogP contribution in [-0.2, 0) is 0 Å². The SMILES string of the molecule is Nc1n[nH]c(-c2cn[nH]n2)c1-c1ccc(Cl)cc1Cl. The van der Waals surface area contributed by atoms with E-state index >= 15 is 0 Å². The summed E-state index contributed by atoms with van der Waals surface area (Å²) >= 11 is 12.1. The highest BCUT2D eigenvalue weighted by atomic mass is 35.5. The lowest BCUT2D eigenvalue weighted by Crippen LogP contribution is -1.90. The van der Waals surface area contributed by atoms with Crippen LogP contribution in [0.5, 0.6) is 0 Å².